The summed E-state index contributed by atoms with van der Waals surface area (Å²) in [5, 5.41) is 5.06. The van der Waals surface area contributed by atoms with Gasteiger partial charge in [0.05, 0.1) is 11.4 Å². The van der Waals surface area contributed by atoms with E-state index in [1.54, 1.807) is 13.1 Å². The first kappa shape index (κ1) is 18.9. The fourth-order valence-electron chi connectivity index (χ4n) is 2.64. The van der Waals surface area contributed by atoms with Gasteiger partial charge in [0.25, 0.3) is 5.91 Å². The summed E-state index contributed by atoms with van der Waals surface area (Å²) < 4.78 is 0. The molecular weight excluding hydrogens is 322 g/mol. The summed E-state index contributed by atoms with van der Waals surface area (Å²) in [5.74, 6) is 0.623. The summed E-state index contributed by atoms with van der Waals surface area (Å²) >= 11 is 1.40. The number of hydrogen-bond donors (Lipinski definition) is 1. The van der Waals surface area contributed by atoms with E-state index in [0.717, 1.165) is 32.5 Å². The van der Waals surface area contributed by atoms with E-state index in [9.17, 15) is 9.59 Å². The number of carbonyl (C=O) groups excluding carboxylic acids is 2. The number of halogens is 1. The van der Waals surface area contributed by atoms with Crippen molar-refractivity contribution in [3.8, 4) is 0 Å². The Bertz CT molecular complexity index is 473. The van der Waals surface area contributed by atoms with E-state index in [4.69, 9.17) is 0 Å². The van der Waals surface area contributed by atoms with Gasteiger partial charge in [-0.2, -0.15) is 0 Å². The van der Waals surface area contributed by atoms with Crippen LogP contribution in [-0.2, 0) is 4.79 Å². The Balaban J connectivity index is 0.00000242. The first-order valence-electron chi connectivity index (χ1n) is 7.33. The Hall–Kier alpha value is -1.11. The molecule has 0 spiro atoms. The minimum absolute atomic E-state index is 0. The third kappa shape index (κ3) is 4.97. The van der Waals surface area contributed by atoms with Crippen LogP contribution in [0.1, 0.15) is 22.5 Å². The van der Waals surface area contributed by atoms with Crippen molar-refractivity contribution < 1.29 is 9.59 Å². The molecule has 1 aromatic heterocycles. The zero-order valence-corrected chi connectivity index (χ0v) is 14.7. The summed E-state index contributed by atoms with van der Waals surface area (Å²) in [6, 6.07) is 3.64. The van der Waals surface area contributed by atoms with Crippen molar-refractivity contribution in [2.45, 2.75) is 12.8 Å². The normalized spacial score (nSPS) is 15.3. The lowest BCUT2D eigenvalue weighted by Crippen LogP contribution is -2.45. The third-order valence-corrected chi connectivity index (χ3v) is 4.77. The molecule has 1 aromatic rings. The quantitative estimate of drug-likeness (QED) is 0.883. The van der Waals surface area contributed by atoms with Crippen molar-refractivity contribution >= 4 is 35.6 Å². The average molecular weight is 346 g/mol. The van der Waals surface area contributed by atoms with Gasteiger partial charge in [-0.15, -0.1) is 23.7 Å². The number of likely N-dealkylation sites (tertiary alicyclic amines) is 1. The second-order valence-corrected chi connectivity index (χ2v) is 6.47. The van der Waals surface area contributed by atoms with Crippen LogP contribution in [0.4, 0.5) is 0 Å². The van der Waals surface area contributed by atoms with Gasteiger partial charge in [-0.1, -0.05) is 6.07 Å². The molecule has 0 atom stereocenters. The highest BCUT2D eigenvalue weighted by Crippen LogP contribution is 2.17. The number of thiophene rings is 1. The summed E-state index contributed by atoms with van der Waals surface area (Å²) in [6.07, 6.45) is 2.07. The lowest BCUT2D eigenvalue weighted by molar-refractivity contribution is -0.133. The summed E-state index contributed by atoms with van der Waals surface area (Å²) in [4.78, 5) is 28.5. The average Bonchev–Trinajstić information content (AvgIpc) is 3.01. The molecule has 124 valence electrons. The molecule has 1 saturated heterocycles. The van der Waals surface area contributed by atoms with Crippen LogP contribution < -0.4 is 5.32 Å². The number of rotatable bonds is 5. The molecule has 0 saturated carbocycles. The van der Waals surface area contributed by atoms with E-state index in [1.165, 1.54) is 16.2 Å². The Morgan fingerprint density at radius 3 is 2.64 bits per heavy atom. The van der Waals surface area contributed by atoms with Crippen molar-refractivity contribution in [3.63, 3.8) is 0 Å². The Labute approximate surface area is 142 Å². The first-order chi connectivity index (χ1) is 10.1. The van der Waals surface area contributed by atoms with Crippen molar-refractivity contribution in [2.24, 2.45) is 5.92 Å². The zero-order chi connectivity index (χ0) is 15.2. The van der Waals surface area contributed by atoms with Gasteiger partial charge in [0, 0.05) is 20.1 Å². The van der Waals surface area contributed by atoms with Crippen LogP contribution >= 0.6 is 23.7 Å². The Morgan fingerprint density at radius 2 is 2.09 bits per heavy atom. The number of nitrogens with one attached hydrogen (secondary N) is 1. The van der Waals surface area contributed by atoms with Gasteiger partial charge in [0.2, 0.25) is 5.91 Å². The fraction of sp³-hybridized carbons (Fsp3) is 0.600. The van der Waals surface area contributed by atoms with Crippen molar-refractivity contribution in [1.29, 1.82) is 0 Å². The lowest BCUT2D eigenvalue weighted by Gasteiger charge is -2.33. The number of amides is 2. The molecule has 7 heteroatoms. The van der Waals surface area contributed by atoms with Crippen LogP contribution in [0, 0.1) is 5.92 Å². The molecule has 22 heavy (non-hydrogen) atoms. The highest BCUT2D eigenvalue weighted by atomic mass is 35.5. The van der Waals surface area contributed by atoms with E-state index < -0.39 is 0 Å². The maximum Gasteiger partial charge on any atom is 0.264 e. The van der Waals surface area contributed by atoms with Crippen LogP contribution in [0.25, 0.3) is 0 Å². The van der Waals surface area contributed by atoms with E-state index in [-0.39, 0.29) is 30.8 Å². The van der Waals surface area contributed by atoms with Crippen LogP contribution in [0.5, 0.6) is 0 Å². The van der Waals surface area contributed by atoms with E-state index in [0.29, 0.717) is 10.8 Å². The zero-order valence-electron chi connectivity index (χ0n) is 13.1. The molecular formula is C15H24ClN3O2S. The molecule has 2 rings (SSSR count). The number of likely N-dealkylation sites (N-methyl/N-ethyl adjacent to an activating group) is 1. The second kappa shape index (κ2) is 9.12. The Morgan fingerprint density at radius 1 is 1.41 bits per heavy atom. The van der Waals surface area contributed by atoms with Crippen molar-refractivity contribution in [2.75, 3.05) is 40.3 Å². The van der Waals surface area contributed by atoms with Crippen molar-refractivity contribution in [3.05, 3.63) is 22.4 Å². The highest BCUT2D eigenvalue weighted by molar-refractivity contribution is 7.12. The SMILES string of the molecule is CNCC1CCN(C(=O)CN(C)C(=O)c2cccs2)CC1.Cl. The van der Waals surface area contributed by atoms with Gasteiger partial charge in [-0.3, -0.25) is 9.59 Å². The topological polar surface area (TPSA) is 52.7 Å². The third-order valence-electron chi connectivity index (χ3n) is 3.91. The van der Waals surface area contributed by atoms with Gasteiger partial charge in [0.15, 0.2) is 0 Å². The minimum atomic E-state index is -0.0802. The maximum atomic E-state index is 12.3. The van der Waals surface area contributed by atoms with Crippen LogP contribution in [0.15, 0.2) is 17.5 Å². The fourth-order valence-corrected chi connectivity index (χ4v) is 3.36. The number of nitrogens with zero attached hydrogens (tertiary/aromatic N) is 2. The molecule has 0 radical (unpaired) electrons. The predicted octanol–water partition coefficient (Wildman–Crippen LogP) is 1.70. The molecule has 2 amide bonds. The molecule has 1 fully saturated rings. The number of piperidine rings is 1. The second-order valence-electron chi connectivity index (χ2n) is 5.52. The number of carbonyl (C=O) groups is 2. The standard InChI is InChI=1S/C15H23N3O2S.ClH/c1-16-10-12-5-7-18(8-6-12)14(19)11-17(2)15(20)13-4-3-9-21-13;/h3-4,9,12,16H,5-8,10-11H2,1-2H3;1H. The van der Waals surface area contributed by atoms with E-state index in [2.05, 4.69) is 5.32 Å². The van der Waals surface area contributed by atoms with Crippen molar-refractivity contribution in [1.82, 2.24) is 15.1 Å². The molecule has 5 nitrogen and oxygen atoms in total. The van der Waals surface area contributed by atoms with Gasteiger partial charge >= 0.3 is 0 Å². The monoisotopic (exact) mass is 345 g/mol. The maximum absolute atomic E-state index is 12.3. The van der Waals surface area contributed by atoms with E-state index >= 15 is 0 Å². The molecule has 1 aliphatic heterocycles. The molecule has 1 N–H and O–H groups in total. The smallest absolute Gasteiger partial charge is 0.264 e. The highest BCUT2D eigenvalue weighted by Gasteiger charge is 2.24. The molecule has 0 unspecified atom stereocenters. The van der Waals surface area contributed by atoms with Crippen LogP contribution in [-0.4, -0.2) is 61.9 Å². The number of hydrogen-bond acceptors (Lipinski definition) is 4. The molecule has 0 aliphatic carbocycles. The summed E-state index contributed by atoms with van der Waals surface area (Å²) in [5.41, 5.74) is 0. The predicted molar refractivity (Wildman–Crippen MR) is 91.8 cm³/mol. The molecule has 0 aromatic carbocycles. The minimum Gasteiger partial charge on any atom is -0.341 e. The molecule has 1 aliphatic rings. The Kier molecular flexibility index (Phi) is 7.85. The van der Waals surface area contributed by atoms with Gasteiger partial charge < -0.3 is 15.1 Å². The summed E-state index contributed by atoms with van der Waals surface area (Å²) in [7, 11) is 3.65. The molecule has 0 bridgehead atoms. The van der Waals surface area contributed by atoms with Gasteiger partial charge in [-0.25, -0.2) is 0 Å². The van der Waals surface area contributed by atoms with Crippen LogP contribution in [0.2, 0.25) is 0 Å². The lowest BCUT2D eigenvalue weighted by atomic mass is 9.97. The van der Waals surface area contributed by atoms with Gasteiger partial charge in [-0.05, 0) is 43.8 Å². The van der Waals surface area contributed by atoms with E-state index in [1.807, 2.05) is 23.4 Å². The largest absolute Gasteiger partial charge is 0.341 e. The molecule has 2 heterocycles. The summed E-state index contributed by atoms with van der Waals surface area (Å²) in [6.45, 7) is 2.77. The van der Waals surface area contributed by atoms with Gasteiger partial charge in [0.1, 0.15) is 0 Å². The van der Waals surface area contributed by atoms with Crippen LogP contribution in [0.3, 0.4) is 0 Å². The first-order valence-corrected chi connectivity index (χ1v) is 8.21.